The normalized spacial score (nSPS) is 31.4. The molecule has 0 radical (unpaired) electrons. The monoisotopic (exact) mass is 258 g/mol. The van der Waals surface area contributed by atoms with Crippen LogP contribution in [-0.4, -0.2) is 22.0 Å². The summed E-state index contributed by atoms with van der Waals surface area (Å²) in [5.41, 5.74) is 0. The molecule has 1 aromatic rings. The van der Waals surface area contributed by atoms with Crippen molar-refractivity contribution in [1.29, 1.82) is 0 Å². The van der Waals surface area contributed by atoms with E-state index in [1.165, 1.54) is 0 Å². The number of carbonyl (C=O) groups is 2. The maximum atomic E-state index is 12.3. The molecular formula is C14H14N2O3. The second kappa shape index (κ2) is 4.50. The van der Waals surface area contributed by atoms with Gasteiger partial charge in [-0.2, -0.15) is 0 Å². The number of fused-ring (bicyclic) bond motifs is 2. The lowest BCUT2D eigenvalue weighted by Crippen LogP contribution is -2.36. The lowest BCUT2D eigenvalue weighted by molar-refractivity contribution is -0.146. The number of anilines is 1. The van der Waals surface area contributed by atoms with Gasteiger partial charge in [-0.05, 0) is 30.4 Å². The van der Waals surface area contributed by atoms with Crippen molar-refractivity contribution < 1.29 is 14.7 Å². The van der Waals surface area contributed by atoms with E-state index in [2.05, 4.69) is 10.3 Å². The minimum atomic E-state index is -0.891. The summed E-state index contributed by atoms with van der Waals surface area (Å²) in [6.07, 6.45) is 6.24. The number of nitrogens with one attached hydrogen (secondary N) is 1. The lowest BCUT2D eigenvalue weighted by Gasteiger charge is -2.23. The van der Waals surface area contributed by atoms with Crippen LogP contribution < -0.4 is 5.32 Å². The van der Waals surface area contributed by atoms with Crippen LogP contribution in [0.3, 0.4) is 0 Å². The third-order valence-corrected chi connectivity index (χ3v) is 3.96. The van der Waals surface area contributed by atoms with Crippen molar-refractivity contribution in [2.75, 3.05) is 5.32 Å². The number of nitrogens with zero attached hydrogens (tertiary/aromatic N) is 1. The molecule has 5 heteroatoms. The quantitative estimate of drug-likeness (QED) is 0.806. The van der Waals surface area contributed by atoms with Crippen LogP contribution in [0.4, 0.5) is 5.82 Å². The molecule has 98 valence electrons. The molecule has 2 bridgehead atoms. The topological polar surface area (TPSA) is 79.3 Å². The maximum absolute atomic E-state index is 12.3. The molecule has 1 amide bonds. The van der Waals surface area contributed by atoms with E-state index >= 15 is 0 Å². The first kappa shape index (κ1) is 11.9. The van der Waals surface area contributed by atoms with Gasteiger partial charge in [-0.25, -0.2) is 4.98 Å². The van der Waals surface area contributed by atoms with Crippen molar-refractivity contribution in [2.24, 2.45) is 23.7 Å². The summed E-state index contributed by atoms with van der Waals surface area (Å²) in [7, 11) is 0. The maximum Gasteiger partial charge on any atom is 0.307 e. The molecule has 0 unspecified atom stereocenters. The average Bonchev–Trinajstić information content (AvgIpc) is 2.99. The molecular weight excluding hydrogens is 244 g/mol. The molecule has 2 N–H and O–H groups in total. The Hall–Kier alpha value is -2.17. The van der Waals surface area contributed by atoms with Gasteiger partial charge in [-0.15, -0.1) is 0 Å². The van der Waals surface area contributed by atoms with E-state index in [0.717, 1.165) is 6.42 Å². The molecule has 1 aromatic heterocycles. The molecule has 3 rings (SSSR count). The van der Waals surface area contributed by atoms with Crippen LogP contribution in [0.1, 0.15) is 6.42 Å². The molecule has 1 saturated carbocycles. The first-order valence-electron chi connectivity index (χ1n) is 6.30. The zero-order chi connectivity index (χ0) is 13.4. The highest BCUT2D eigenvalue weighted by Crippen LogP contribution is 2.48. The van der Waals surface area contributed by atoms with Crippen molar-refractivity contribution >= 4 is 17.7 Å². The fraction of sp³-hybridized carbons (Fsp3) is 0.357. The number of hydrogen-bond acceptors (Lipinski definition) is 3. The number of allylic oxidation sites excluding steroid dienone is 2. The number of carboxylic acids is 1. The van der Waals surface area contributed by atoms with Crippen LogP contribution in [0.2, 0.25) is 0 Å². The highest BCUT2D eigenvalue weighted by molar-refractivity contribution is 5.95. The molecule has 19 heavy (non-hydrogen) atoms. The third-order valence-electron chi connectivity index (χ3n) is 3.96. The first-order valence-corrected chi connectivity index (χ1v) is 6.30. The summed E-state index contributed by atoms with van der Waals surface area (Å²) in [4.78, 5) is 27.6. The van der Waals surface area contributed by atoms with Crippen molar-refractivity contribution in [2.45, 2.75) is 6.42 Å². The number of aromatic nitrogens is 1. The molecule has 2 aliphatic carbocycles. The predicted octanol–water partition coefficient (Wildman–Crippen LogP) is 1.54. The Balaban J connectivity index is 1.79. The largest absolute Gasteiger partial charge is 0.481 e. The van der Waals surface area contributed by atoms with Gasteiger partial charge in [0.2, 0.25) is 5.91 Å². The van der Waals surface area contributed by atoms with Crippen LogP contribution in [0, 0.1) is 23.7 Å². The fourth-order valence-electron chi connectivity index (χ4n) is 3.16. The summed E-state index contributed by atoms with van der Waals surface area (Å²) in [5, 5.41) is 12.0. The fourth-order valence-corrected chi connectivity index (χ4v) is 3.16. The van der Waals surface area contributed by atoms with Gasteiger partial charge in [-0.1, -0.05) is 18.2 Å². The number of aliphatic carboxylic acids is 1. The molecule has 2 aliphatic rings. The Morgan fingerprint density at radius 3 is 2.58 bits per heavy atom. The summed E-state index contributed by atoms with van der Waals surface area (Å²) in [6, 6.07) is 5.23. The predicted molar refractivity (Wildman–Crippen MR) is 68.2 cm³/mol. The second-order valence-electron chi connectivity index (χ2n) is 5.04. The van der Waals surface area contributed by atoms with E-state index in [4.69, 9.17) is 0 Å². The second-order valence-corrected chi connectivity index (χ2v) is 5.04. The van der Waals surface area contributed by atoms with Gasteiger partial charge in [0, 0.05) is 6.20 Å². The summed E-state index contributed by atoms with van der Waals surface area (Å²) < 4.78 is 0. The zero-order valence-corrected chi connectivity index (χ0v) is 10.2. The summed E-state index contributed by atoms with van der Waals surface area (Å²) >= 11 is 0. The van der Waals surface area contributed by atoms with Crippen molar-refractivity contribution in [3.8, 4) is 0 Å². The van der Waals surface area contributed by atoms with Crippen LogP contribution in [-0.2, 0) is 9.59 Å². The van der Waals surface area contributed by atoms with E-state index < -0.39 is 17.8 Å². The number of carboxylic acid groups (broad SMARTS) is 1. The van der Waals surface area contributed by atoms with Crippen LogP contribution in [0.15, 0.2) is 36.5 Å². The number of carbonyl (C=O) groups excluding carboxylic acids is 1. The Morgan fingerprint density at radius 2 is 1.95 bits per heavy atom. The Morgan fingerprint density at radius 1 is 1.21 bits per heavy atom. The zero-order valence-electron chi connectivity index (χ0n) is 10.2. The Bertz CT molecular complexity index is 541. The number of amides is 1. The van der Waals surface area contributed by atoms with Gasteiger partial charge in [0.1, 0.15) is 5.82 Å². The van der Waals surface area contributed by atoms with Crippen LogP contribution in [0.5, 0.6) is 0 Å². The Labute approximate surface area is 110 Å². The first-order chi connectivity index (χ1) is 9.16. The van der Waals surface area contributed by atoms with E-state index in [1.54, 1.807) is 24.4 Å². The van der Waals surface area contributed by atoms with E-state index in [0.29, 0.717) is 5.82 Å². The van der Waals surface area contributed by atoms with Gasteiger partial charge >= 0.3 is 5.97 Å². The smallest absolute Gasteiger partial charge is 0.307 e. The molecule has 0 aromatic carbocycles. The van der Waals surface area contributed by atoms with Gasteiger partial charge < -0.3 is 10.4 Å². The van der Waals surface area contributed by atoms with Gasteiger partial charge in [0.05, 0.1) is 11.8 Å². The highest BCUT2D eigenvalue weighted by Gasteiger charge is 2.51. The molecule has 1 fully saturated rings. The number of pyridine rings is 1. The SMILES string of the molecule is O=C(O)[C@@H]1[C@H](C(=O)Nc2ccccn2)[C@H]2C=C[C@H]1C2. The molecule has 0 spiro atoms. The van der Waals surface area contributed by atoms with Crippen molar-refractivity contribution in [1.82, 2.24) is 4.98 Å². The lowest BCUT2D eigenvalue weighted by atomic mass is 9.82. The average molecular weight is 258 g/mol. The number of hydrogen-bond donors (Lipinski definition) is 2. The van der Waals surface area contributed by atoms with Crippen molar-refractivity contribution in [3.63, 3.8) is 0 Å². The standard InChI is InChI=1S/C14H14N2O3/c17-13(16-10-3-1-2-6-15-10)11-8-4-5-9(7-8)12(11)14(18)19/h1-6,8-9,11-12H,7H2,(H,18,19)(H,15,16,17)/t8-,9-,11+,12-/m0/s1. The minimum Gasteiger partial charge on any atom is -0.481 e. The highest BCUT2D eigenvalue weighted by atomic mass is 16.4. The Kier molecular flexibility index (Phi) is 2.81. The van der Waals surface area contributed by atoms with Gasteiger partial charge in [-0.3, -0.25) is 9.59 Å². The summed E-state index contributed by atoms with van der Waals surface area (Å²) in [5.74, 6) is -1.76. The van der Waals surface area contributed by atoms with Gasteiger partial charge in [0.15, 0.2) is 0 Å². The summed E-state index contributed by atoms with van der Waals surface area (Å²) in [6.45, 7) is 0. The molecule has 0 saturated heterocycles. The van der Waals surface area contributed by atoms with Gasteiger partial charge in [0.25, 0.3) is 0 Å². The molecule has 1 heterocycles. The van der Waals surface area contributed by atoms with E-state index in [-0.39, 0.29) is 17.7 Å². The van der Waals surface area contributed by atoms with E-state index in [9.17, 15) is 14.7 Å². The van der Waals surface area contributed by atoms with Crippen molar-refractivity contribution in [3.05, 3.63) is 36.5 Å². The molecule has 4 atom stereocenters. The molecule has 5 nitrogen and oxygen atoms in total. The third kappa shape index (κ3) is 2.01. The minimum absolute atomic E-state index is 0.0121. The van der Waals surface area contributed by atoms with E-state index in [1.807, 2.05) is 12.2 Å². The van der Waals surface area contributed by atoms with Crippen LogP contribution >= 0.6 is 0 Å². The van der Waals surface area contributed by atoms with Crippen LogP contribution in [0.25, 0.3) is 0 Å². The molecule has 0 aliphatic heterocycles. The number of rotatable bonds is 3.